The Morgan fingerprint density at radius 3 is 2.35 bits per heavy atom. The van der Waals surface area contributed by atoms with Crippen LogP contribution in [0, 0.1) is 0 Å². The maximum atomic E-state index is 14.2. The van der Waals surface area contributed by atoms with E-state index >= 15 is 0 Å². The van der Waals surface area contributed by atoms with E-state index in [4.69, 9.17) is 5.73 Å². The van der Waals surface area contributed by atoms with Gasteiger partial charge in [-0.2, -0.15) is 0 Å². The lowest BCUT2D eigenvalue weighted by Crippen LogP contribution is -2.29. The molecule has 0 radical (unpaired) electrons. The standard InChI is InChI=1S/C12H18FNO2S/c1-9(2)17(15,16)11-7-5-4-6-10(11)12(3,13)8-14/h4-7,9H,8,14H2,1-3H3. The average Bonchev–Trinajstić information content (AvgIpc) is 2.29. The number of hydrogen-bond acceptors (Lipinski definition) is 3. The zero-order valence-corrected chi connectivity index (χ0v) is 11.1. The number of sulfone groups is 1. The van der Waals surface area contributed by atoms with Gasteiger partial charge in [0, 0.05) is 12.1 Å². The lowest BCUT2D eigenvalue weighted by Gasteiger charge is -2.22. The molecule has 0 bridgehead atoms. The van der Waals surface area contributed by atoms with Crippen LogP contribution >= 0.6 is 0 Å². The number of hydrogen-bond donors (Lipinski definition) is 1. The molecule has 3 nitrogen and oxygen atoms in total. The van der Waals surface area contributed by atoms with E-state index in [-0.39, 0.29) is 17.0 Å². The summed E-state index contributed by atoms with van der Waals surface area (Å²) in [5.41, 5.74) is 3.66. The van der Waals surface area contributed by atoms with Crippen molar-refractivity contribution in [1.29, 1.82) is 0 Å². The molecule has 17 heavy (non-hydrogen) atoms. The topological polar surface area (TPSA) is 60.2 Å². The second-order valence-electron chi connectivity index (χ2n) is 4.49. The summed E-state index contributed by atoms with van der Waals surface area (Å²) < 4.78 is 38.4. The number of alkyl halides is 1. The molecule has 2 N–H and O–H groups in total. The van der Waals surface area contributed by atoms with E-state index in [1.807, 2.05) is 0 Å². The summed E-state index contributed by atoms with van der Waals surface area (Å²) in [7, 11) is -3.50. The van der Waals surface area contributed by atoms with E-state index in [0.29, 0.717) is 0 Å². The fourth-order valence-electron chi connectivity index (χ4n) is 1.51. The Balaban J connectivity index is 3.48. The Morgan fingerprint density at radius 2 is 1.88 bits per heavy atom. The van der Waals surface area contributed by atoms with Gasteiger partial charge in [0.2, 0.25) is 0 Å². The molecule has 1 unspecified atom stereocenters. The summed E-state index contributed by atoms with van der Waals surface area (Å²) in [4.78, 5) is 0.0328. The molecule has 1 atom stereocenters. The van der Waals surface area contributed by atoms with Crippen molar-refractivity contribution in [3.63, 3.8) is 0 Å². The Hall–Kier alpha value is -0.940. The lowest BCUT2D eigenvalue weighted by molar-refractivity contribution is 0.199. The first-order valence-electron chi connectivity index (χ1n) is 5.46. The maximum absolute atomic E-state index is 14.2. The van der Waals surface area contributed by atoms with Crippen LogP contribution in [0.15, 0.2) is 29.2 Å². The molecule has 0 heterocycles. The van der Waals surface area contributed by atoms with Gasteiger partial charge in [-0.05, 0) is 26.8 Å². The third kappa shape index (κ3) is 2.66. The van der Waals surface area contributed by atoms with E-state index in [2.05, 4.69) is 0 Å². The van der Waals surface area contributed by atoms with Crippen LogP contribution in [0.1, 0.15) is 26.3 Å². The van der Waals surface area contributed by atoms with Gasteiger partial charge in [-0.1, -0.05) is 18.2 Å². The highest BCUT2D eigenvalue weighted by Crippen LogP contribution is 2.31. The molecule has 0 saturated carbocycles. The highest BCUT2D eigenvalue weighted by atomic mass is 32.2. The lowest BCUT2D eigenvalue weighted by atomic mass is 9.98. The Labute approximate surface area is 102 Å². The zero-order chi connectivity index (χ0) is 13.3. The van der Waals surface area contributed by atoms with Crippen LogP contribution < -0.4 is 5.73 Å². The van der Waals surface area contributed by atoms with Crippen LogP contribution in [0.3, 0.4) is 0 Å². The zero-order valence-electron chi connectivity index (χ0n) is 10.3. The monoisotopic (exact) mass is 259 g/mol. The first-order chi connectivity index (χ1) is 7.73. The third-order valence-corrected chi connectivity index (χ3v) is 4.97. The van der Waals surface area contributed by atoms with Crippen LogP contribution in [0.5, 0.6) is 0 Å². The van der Waals surface area contributed by atoms with E-state index in [1.165, 1.54) is 19.1 Å². The molecule has 5 heteroatoms. The van der Waals surface area contributed by atoms with E-state index < -0.39 is 20.8 Å². The van der Waals surface area contributed by atoms with Crippen LogP contribution in [0.2, 0.25) is 0 Å². The minimum atomic E-state index is -3.50. The van der Waals surface area contributed by atoms with Crippen molar-refractivity contribution in [3.05, 3.63) is 29.8 Å². The number of halogens is 1. The fraction of sp³-hybridized carbons (Fsp3) is 0.500. The van der Waals surface area contributed by atoms with Crippen molar-refractivity contribution in [2.75, 3.05) is 6.54 Å². The van der Waals surface area contributed by atoms with E-state index in [9.17, 15) is 12.8 Å². The summed E-state index contributed by atoms with van der Waals surface area (Å²) in [6.07, 6.45) is 0. The van der Waals surface area contributed by atoms with Gasteiger partial charge < -0.3 is 5.73 Å². The highest BCUT2D eigenvalue weighted by molar-refractivity contribution is 7.92. The third-order valence-electron chi connectivity index (χ3n) is 2.76. The van der Waals surface area contributed by atoms with Gasteiger partial charge >= 0.3 is 0 Å². The summed E-state index contributed by atoms with van der Waals surface area (Å²) >= 11 is 0. The molecule has 0 aliphatic heterocycles. The molecule has 96 valence electrons. The van der Waals surface area contributed by atoms with Crippen LogP contribution in [-0.4, -0.2) is 20.2 Å². The molecular formula is C12H18FNO2S. The van der Waals surface area contributed by atoms with Crippen molar-refractivity contribution >= 4 is 9.84 Å². The minimum Gasteiger partial charge on any atom is -0.327 e. The van der Waals surface area contributed by atoms with Gasteiger partial charge in [0.15, 0.2) is 9.84 Å². The van der Waals surface area contributed by atoms with Gasteiger partial charge in [-0.3, -0.25) is 0 Å². The van der Waals surface area contributed by atoms with Crippen LogP contribution in [0.25, 0.3) is 0 Å². The molecule has 0 spiro atoms. The van der Waals surface area contributed by atoms with Crippen LogP contribution in [-0.2, 0) is 15.5 Å². The molecule has 0 amide bonds. The molecule has 0 fully saturated rings. The molecule has 0 aromatic heterocycles. The number of rotatable bonds is 4. The number of benzene rings is 1. The summed E-state index contributed by atoms with van der Waals surface area (Å²) in [6.45, 7) is 4.19. The molecular weight excluding hydrogens is 241 g/mol. The molecule has 0 aliphatic rings. The van der Waals surface area contributed by atoms with Gasteiger partial charge in [-0.25, -0.2) is 12.8 Å². The fourth-order valence-corrected chi connectivity index (χ4v) is 2.87. The summed E-state index contributed by atoms with van der Waals surface area (Å²) in [6, 6.07) is 6.10. The smallest absolute Gasteiger partial charge is 0.181 e. The average molecular weight is 259 g/mol. The predicted octanol–water partition coefficient (Wildman–Crippen LogP) is 2.01. The SMILES string of the molecule is CC(C)S(=O)(=O)c1ccccc1C(C)(F)CN. The van der Waals surface area contributed by atoms with Crippen molar-refractivity contribution in [2.45, 2.75) is 36.6 Å². The van der Waals surface area contributed by atoms with Gasteiger partial charge in [0.1, 0.15) is 5.67 Å². The molecule has 0 saturated heterocycles. The quantitative estimate of drug-likeness (QED) is 0.899. The first kappa shape index (κ1) is 14.1. The Kier molecular flexibility index (Phi) is 3.94. The molecule has 1 aromatic carbocycles. The minimum absolute atomic E-state index is 0.0328. The largest absolute Gasteiger partial charge is 0.327 e. The van der Waals surface area contributed by atoms with Gasteiger partial charge in [0.05, 0.1) is 10.1 Å². The van der Waals surface area contributed by atoms with Gasteiger partial charge in [-0.15, -0.1) is 0 Å². The predicted molar refractivity (Wildman–Crippen MR) is 66.3 cm³/mol. The summed E-state index contributed by atoms with van der Waals surface area (Å²) in [5.74, 6) is 0. The Bertz CT molecular complexity index is 495. The van der Waals surface area contributed by atoms with E-state index in [0.717, 1.165) is 0 Å². The highest BCUT2D eigenvalue weighted by Gasteiger charge is 2.32. The molecule has 1 aromatic rings. The van der Waals surface area contributed by atoms with Crippen molar-refractivity contribution in [3.8, 4) is 0 Å². The second-order valence-corrected chi connectivity index (χ2v) is 6.96. The maximum Gasteiger partial charge on any atom is 0.181 e. The summed E-state index contributed by atoms with van der Waals surface area (Å²) in [5, 5.41) is -0.586. The first-order valence-corrected chi connectivity index (χ1v) is 7.00. The van der Waals surface area contributed by atoms with E-state index in [1.54, 1.807) is 26.0 Å². The van der Waals surface area contributed by atoms with Crippen LogP contribution in [0.4, 0.5) is 4.39 Å². The second kappa shape index (κ2) is 4.74. The van der Waals surface area contributed by atoms with Crippen molar-refractivity contribution in [1.82, 2.24) is 0 Å². The molecule has 1 rings (SSSR count). The Morgan fingerprint density at radius 1 is 1.35 bits per heavy atom. The molecule has 0 aliphatic carbocycles. The number of nitrogens with two attached hydrogens (primary N) is 1. The normalized spacial score (nSPS) is 15.9. The van der Waals surface area contributed by atoms with Crippen molar-refractivity contribution < 1.29 is 12.8 Å². The van der Waals surface area contributed by atoms with Crippen molar-refractivity contribution in [2.24, 2.45) is 5.73 Å². The van der Waals surface area contributed by atoms with Gasteiger partial charge in [0.25, 0.3) is 0 Å².